The number of amides is 1. The van der Waals surface area contributed by atoms with E-state index >= 15 is 0 Å². The van der Waals surface area contributed by atoms with Crippen LogP contribution in [0.1, 0.15) is 12.3 Å². The molecule has 0 bridgehead atoms. The largest absolute Gasteiger partial charge is 0.339 e. The minimum atomic E-state index is -0.284. The third-order valence-electron chi connectivity index (χ3n) is 4.73. The van der Waals surface area contributed by atoms with Crippen molar-refractivity contribution in [1.82, 2.24) is 34.9 Å². The molecule has 0 saturated carbocycles. The van der Waals surface area contributed by atoms with Crippen LogP contribution in [0, 0.1) is 0 Å². The predicted octanol–water partition coefficient (Wildman–Crippen LogP) is 2.13. The minimum absolute atomic E-state index is 0.140. The van der Waals surface area contributed by atoms with E-state index in [-0.39, 0.29) is 24.3 Å². The topological polar surface area (TPSA) is 144 Å². The Labute approximate surface area is 180 Å². The van der Waals surface area contributed by atoms with Crippen molar-refractivity contribution < 1.29 is 9.32 Å². The van der Waals surface area contributed by atoms with Gasteiger partial charge in [-0.1, -0.05) is 17.3 Å². The highest BCUT2D eigenvalue weighted by Crippen LogP contribution is 2.22. The molecular weight excluding hydrogens is 412 g/mol. The van der Waals surface area contributed by atoms with Crippen LogP contribution in [0.5, 0.6) is 0 Å². The summed E-state index contributed by atoms with van der Waals surface area (Å²) in [6.45, 7) is 0. The summed E-state index contributed by atoms with van der Waals surface area (Å²) in [5.74, 6) is 0.543. The van der Waals surface area contributed by atoms with Gasteiger partial charge < -0.3 is 14.8 Å². The Morgan fingerprint density at radius 1 is 1.16 bits per heavy atom. The number of rotatable bonds is 6. The van der Waals surface area contributed by atoms with Crippen molar-refractivity contribution in [2.45, 2.75) is 12.8 Å². The van der Waals surface area contributed by atoms with Gasteiger partial charge in [0.2, 0.25) is 17.6 Å². The van der Waals surface area contributed by atoms with Gasteiger partial charge in [-0.2, -0.15) is 10.1 Å². The second-order valence-corrected chi connectivity index (χ2v) is 6.84. The summed E-state index contributed by atoms with van der Waals surface area (Å²) in [6, 6.07) is 10.7. The van der Waals surface area contributed by atoms with E-state index in [1.165, 1.54) is 17.2 Å². The zero-order valence-corrected chi connectivity index (χ0v) is 16.6. The van der Waals surface area contributed by atoms with Gasteiger partial charge in [0.05, 0.1) is 23.9 Å². The molecular formula is C21H16N8O3. The fraction of sp³-hybridized carbons (Fsp3) is 0.0952. The Balaban J connectivity index is 1.31. The lowest BCUT2D eigenvalue weighted by molar-refractivity contribution is -0.116. The van der Waals surface area contributed by atoms with Gasteiger partial charge in [0.15, 0.2) is 5.65 Å². The zero-order chi connectivity index (χ0) is 21.9. The van der Waals surface area contributed by atoms with E-state index in [1.54, 1.807) is 36.7 Å². The summed E-state index contributed by atoms with van der Waals surface area (Å²) in [5, 5.41) is 11.4. The van der Waals surface area contributed by atoms with Crippen molar-refractivity contribution in [1.29, 1.82) is 0 Å². The summed E-state index contributed by atoms with van der Waals surface area (Å²) in [7, 11) is 0. The Hall–Kier alpha value is -4.67. The fourth-order valence-corrected chi connectivity index (χ4v) is 3.20. The van der Waals surface area contributed by atoms with Gasteiger partial charge in [0.25, 0.3) is 5.56 Å². The number of hydrogen-bond donors (Lipinski definition) is 2. The molecule has 1 amide bonds. The highest BCUT2D eigenvalue weighted by molar-refractivity contribution is 5.93. The summed E-state index contributed by atoms with van der Waals surface area (Å²) in [4.78, 5) is 39.6. The van der Waals surface area contributed by atoms with E-state index in [9.17, 15) is 9.59 Å². The van der Waals surface area contributed by atoms with Crippen LogP contribution in [0.3, 0.4) is 0 Å². The molecule has 2 N–H and O–H groups in total. The van der Waals surface area contributed by atoms with Crippen LogP contribution >= 0.6 is 0 Å². The monoisotopic (exact) mass is 428 g/mol. The van der Waals surface area contributed by atoms with Gasteiger partial charge in [-0.25, -0.2) is 9.67 Å². The first kappa shape index (κ1) is 19.3. The van der Waals surface area contributed by atoms with E-state index in [0.717, 1.165) is 5.56 Å². The molecule has 0 radical (unpaired) electrons. The number of nitrogens with zero attached hydrogens (tertiary/aromatic N) is 6. The van der Waals surface area contributed by atoms with Crippen LogP contribution in [-0.4, -0.2) is 40.8 Å². The summed E-state index contributed by atoms with van der Waals surface area (Å²) >= 11 is 0. The second kappa shape index (κ2) is 8.22. The van der Waals surface area contributed by atoms with Crippen LogP contribution in [0.2, 0.25) is 0 Å². The highest BCUT2D eigenvalue weighted by Gasteiger charge is 2.15. The number of para-hydroxylation sites is 2. The molecule has 0 aliphatic heterocycles. The molecule has 0 aliphatic carbocycles. The van der Waals surface area contributed by atoms with E-state index < -0.39 is 0 Å². The molecule has 11 nitrogen and oxygen atoms in total. The van der Waals surface area contributed by atoms with Gasteiger partial charge in [0.1, 0.15) is 5.39 Å². The smallest absolute Gasteiger partial charge is 0.261 e. The van der Waals surface area contributed by atoms with Crippen molar-refractivity contribution in [2.24, 2.45) is 0 Å². The zero-order valence-electron chi connectivity index (χ0n) is 16.6. The third-order valence-corrected chi connectivity index (χ3v) is 4.73. The lowest BCUT2D eigenvalue weighted by atomic mass is 10.2. The first-order chi connectivity index (χ1) is 15.7. The van der Waals surface area contributed by atoms with Crippen LogP contribution in [0.25, 0.3) is 28.1 Å². The van der Waals surface area contributed by atoms with Crippen LogP contribution in [-0.2, 0) is 11.2 Å². The predicted molar refractivity (Wildman–Crippen MR) is 114 cm³/mol. The summed E-state index contributed by atoms with van der Waals surface area (Å²) in [6.07, 6.45) is 6.47. The number of H-pyrrole nitrogens is 1. The van der Waals surface area contributed by atoms with Gasteiger partial charge in [-0.05, 0) is 24.3 Å². The van der Waals surface area contributed by atoms with Crippen LogP contribution in [0.4, 0.5) is 5.69 Å². The van der Waals surface area contributed by atoms with E-state index in [2.05, 4.69) is 35.5 Å². The Morgan fingerprint density at radius 2 is 2.06 bits per heavy atom. The number of fused-ring (bicyclic) bond motifs is 1. The number of hydrogen-bond acceptors (Lipinski definition) is 8. The van der Waals surface area contributed by atoms with E-state index in [0.29, 0.717) is 34.1 Å². The lowest BCUT2D eigenvalue weighted by Crippen LogP contribution is -2.15. The maximum absolute atomic E-state index is 12.6. The normalized spacial score (nSPS) is 11.0. The summed E-state index contributed by atoms with van der Waals surface area (Å²) in [5.41, 5.74) is 1.97. The molecule has 0 fully saturated rings. The van der Waals surface area contributed by atoms with E-state index in [1.807, 2.05) is 12.1 Å². The van der Waals surface area contributed by atoms with Crippen LogP contribution in [0.15, 0.2) is 70.6 Å². The quantitative estimate of drug-likeness (QED) is 0.418. The number of pyridine rings is 1. The maximum atomic E-state index is 12.6. The SMILES string of the molecule is O=C(CCc1nc(-c2cccnc2)no1)Nc1ccccc1-n1ncc2c(=O)[nH]cnc21. The third kappa shape index (κ3) is 3.74. The highest BCUT2D eigenvalue weighted by atomic mass is 16.5. The lowest BCUT2D eigenvalue weighted by Gasteiger charge is -2.11. The molecule has 0 saturated heterocycles. The number of aromatic nitrogens is 7. The Bertz CT molecular complexity index is 1450. The molecule has 11 heteroatoms. The minimum Gasteiger partial charge on any atom is -0.339 e. The number of benzene rings is 1. The standard InChI is InChI=1S/C21H16N8O3/c30-17(7-8-18-27-19(28-32-18)13-4-3-9-22-10-13)26-15-5-1-2-6-16(15)29-20-14(11-25-29)21(31)24-12-23-20/h1-6,9-12H,7-8H2,(H,26,30)(H,23,24,31). The van der Waals surface area contributed by atoms with Gasteiger partial charge in [0, 0.05) is 30.8 Å². The molecule has 158 valence electrons. The molecule has 1 aromatic carbocycles. The van der Waals surface area contributed by atoms with Gasteiger partial charge in [-0.15, -0.1) is 0 Å². The second-order valence-electron chi connectivity index (χ2n) is 6.84. The van der Waals surface area contributed by atoms with E-state index in [4.69, 9.17) is 4.52 Å². The average molecular weight is 428 g/mol. The number of nitrogens with one attached hydrogen (secondary N) is 2. The summed E-state index contributed by atoms with van der Waals surface area (Å²) < 4.78 is 6.75. The number of carbonyl (C=O) groups is 1. The van der Waals surface area contributed by atoms with Crippen molar-refractivity contribution in [3.63, 3.8) is 0 Å². The molecule has 0 aliphatic rings. The molecule has 5 aromatic rings. The molecule has 0 atom stereocenters. The number of carbonyl (C=O) groups excluding carboxylic acids is 1. The van der Waals surface area contributed by atoms with Crippen molar-refractivity contribution in [2.75, 3.05) is 5.32 Å². The van der Waals surface area contributed by atoms with Crippen molar-refractivity contribution in [3.05, 3.63) is 77.6 Å². The fourth-order valence-electron chi connectivity index (χ4n) is 3.20. The van der Waals surface area contributed by atoms with Crippen LogP contribution < -0.4 is 10.9 Å². The average Bonchev–Trinajstić information content (AvgIpc) is 3.47. The number of aryl methyl sites for hydroxylation is 1. The van der Waals surface area contributed by atoms with Gasteiger partial charge >= 0.3 is 0 Å². The molecule has 5 rings (SSSR count). The Morgan fingerprint density at radius 3 is 2.94 bits per heavy atom. The van der Waals surface area contributed by atoms with Gasteiger partial charge in [-0.3, -0.25) is 14.6 Å². The molecule has 4 aromatic heterocycles. The van der Waals surface area contributed by atoms with Crippen molar-refractivity contribution in [3.8, 4) is 17.1 Å². The first-order valence-corrected chi connectivity index (χ1v) is 9.73. The first-order valence-electron chi connectivity index (χ1n) is 9.73. The molecule has 4 heterocycles. The number of aromatic amines is 1. The molecule has 0 unspecified atom stereocenters. The molecule has 0 spiro atoms. The Kier molecular flexibility index (Phi) is 4.96. The van der Waals surface area contributed by atoms with Crippen molar-refractivity contribution >= 4 is 22.6 Å². The molecule has 32 heavy (non-hydrogen) atoms. The maximum Gasteiger partial charge on any atom is 0.261 e. The number of anilines is 1.